The highest BCUT2D eigenvalue weighted by Crippen LogP contribution is 2.25. The third kappa shape index (κ3) is 4.23. The first-order valence-corrected chi connectivity index (χ1v) is 6.94. The van der Waals surface area contributed by atoms with Crippen molar-refractivity contribution < 1.29 is 14.3 Å². The maximum atomic E-state index is 11.7. The van der Waals surface area contributed by atoms with Crippen LogP contribution in [0.25, 0.3) is 0 Å². The highest BCUT2D eigenvalue weighted by Gasteiger charge is 2.19. The second-order valence-electron chi connectivity index (χ2n) is 3.52. The van der Waals surface area contributed by atoms with Crippen molar-refractivity contribution in [3.8, 4) is 0 Å². The van der Waals surface area contributed by atoms with Crippen molar-refractivity contribution in [1.82, 2.24) is 8.61 Å². The highest BCUT2D eigenvalue weighted by molar-refractivity contribution is 8.36. The molecule has 2 heterocycles. The molecule has 2 aliphatic rings. The fourth-order valence-electron chi connectivity index (χ4n) is 1.50. The number of hydrogen-bond donors (Lipinski definition) is 0. The Balaban J connectivity index is 1.66. The smallest absolute Gasteiger partial charge is 0.276 e. The molecule has 0 amide bonds. The summed E-state index contributed by atoms with van der Waals surface area (Å²) in [6, 6.07) is 0. The molecule has 2 aliphatic heterocycles. The number of morpholine rings is 2. The van der Waals surface area contributed by atoms with Crippen LogP contribution in [0.15, 0.2) is 0 Å². The van der Waals surface area contributed by atoms with Crippen molar-refractivity contribution in [3.05, 3.63) is 0 Å². The lowest BCUT2D eigenvalue weighted by atomic mass is 10.5. The minimum atomic E-state index is 0.142. The second-order valence-corrected chi connectivity index (χ2v) is 5.91. The predicted molar refractivity (Wildman–Crippen MR) is 65.4 cm³/mol. The Morgan fingerprint density at radius 1 is 0.812 bits per heavy atom. The van der Waals surface area contributed by atoms with Gasteiger partial charge in [0.2, 0.25) is 0 Å². The zero-order valence-electron chi connectivity index (χ0n) is 9.09. The molecule has 16 heavy (non-hydrogen) atoms. The Hall–Kier alpha value is 0.210. The predicted octanol–water partition coefficient (Wildman–Crippen LogP) is 1.07. The van der Waals surface area contributed by atoms with Crippen LogP contribution in [0.2, 0.25) is 0 Å². The first kappa shape index (κ1) is 12.7. The third-order valence-corrected chi connectivity index (χ3v) is 4.34. The monoisotopic (exact) mass is 264 g/mol. The van der Waals surface area contributed by atoms with Crippen molar-refractivity contribution in [2.75, 3.05) is 52.6 Å². The Labute approximate surface area is 104 Å². The topological polar surface area (TPSA) is 42.0 Å². The first-order chi connectivity index (χ1) is 7.84. The summed E-state index contributed by atoms with van der Waals surface area (Å²) in [6.07, 6.45) is 0. The zero-order chi connectivity index (χ0) is 11.2. The van der Waals surface area contributed by atoms with Gasteiger partial charge in [0.1, 0.15) is 0 Å². The van der Waals surface area contributed by atoms with Crippen molar-refractivity contribution in [3.63, 3.8) is 0 Å². The van der Waals surface area contributed by atoms with Crippen LogP contribution in [-0.4, -0.2) is 65.7 Å². The molecule has 0 saturated carbocycles. The van der Waals surface area contributed by atoms with E-state index in [2.05, 4.69) is 8.61 Å². The van der Waals surface area contributed by atoms with E-state index < -0.39 is 0 Å². The van der Waals surface area contributed by atoms with Crippen LogP contribution in [0.1, 0.15) is 0 Å². The van der Waals surface area contributed by atoms with E-state index in [0.29, 0.717) is 0 Å². The minimum absolute atomic E-state index is 0.142. The van der Waals surface area contributed by atoms with Gasteiger partial charge in [0.15, 0.2) is 0 Å². The molecular formula is C9H16N2O3S2. The van der Waals surface area contributed by atoms with Gasteiger partial charge < -0.3 is 9.47 Å². The van der Waals surface area contributed by atoms with Gasteiger partial charge in [0.05, 0.1) is 26.4 Å². The maximum Gasteiger partial charge on any atom is 0.276 e. The standard InChI is InChI=1S/C9H16N2O3S2/c12-9(15-10-1-5-13-6-2-10)16-11-3-7-14-8-4-11/h1-8H2. The molecule has 0 unspecified atom stereocenters. The zero-order valence-corrected chi connectivity index (χ0v) is 10.7. The van der Waals surface area contributed by atoms with Gasteiger partial charge >= 0.3 is 0 Å². The molecule has 0 aromatic rings. The summed E-state index contributed by atoms with van der Waals surface area (Å²) >= 11 is 2.62. The van der Waals surface area contributed by atoms with E-state index >= 15 is 0 Å². The SMILES string of the molecule is O=C(SN1CCOCC1)SN1CCOCC1. The van der Waals surface area contributed by atoms with Crippen LogP contribution in [0, 0.1) is 0 Å². The molecule has 0 aromatic heterocycles. The molecule has 7 heteroatoms. The van der Waals surface area contributed by atoms with E-state index in [1.165, 1.54) is 23.9 Å². The average molecular weight is 264 g/mol. The molecule has 0 atom stereocenters. The molecule has 0 N–H and O–H groups in total. The number of nitrogens with zero attached hydrogens (tertiary/aromatic N) is 2. The van der Waals surface area contributed by atoms with Crippen molar-refractivity contribution in [2.45, 2.75) is 0 Å². The first-order valence-electron chi connectivity index (χ1n) is 5.40. The Morgan fingerprint density at radius 3 is 1.56 bits per heavy atom. The largest absolute Gasteiger partial charge is 0.379 e. The van der Waals surface area contributed by atoms with Gasteiger partial charge in [0, 0.05) is 50.1 Å². The average Bonchev–Trinajstić information content (AvgIpc) is 2.31. The fourth-order valence-corrected chi connectivity index (χ4v) is 3.35. The lowest BCUT2D eigenvalue weighted by Gasteiger charge is -2.27. The number of carbonyl (C=O) groups is 1. The van der Waals surface area contributed by atoms with Crippen LogP contribution in [0.3, 0.4) is 0 Å². The quantitative estimate of drug-likeness (QED) is 0.691. The Bertz CT molecular complexity index is 209. The fraction of sp³-hybridized carbons (Fsp3) is 0.889. The summed E-state index contributed by atoms with van der Waals surface area (Å²) in [7, 11) is 0. The van der Waals surface area contributed by atoms with E-state index in [9.17, 15) is 4.79 Å². The number of hydrogen-bond acceptors (Lipinski definition) is 7. The molecule has 2 fully saturated rings. The van der Waals surface area contributed by atoms with Gasteiger partial charge in [-0.3, -0.25) is 4.79 Å². The molecule has 2 rings (SSSR count). The van der Waals surface area contributed by atoms with Gasteiger partial charge in [-0.15, -0.1) is 0 Å². The van der Waals surface area contributed by atoms with Gasteiger partial charge in [-0.2, -0.15) is 0 Å². The lowest BCUT2D eigenvalue weighted by Crippen LogP contribution is -2.34. The highest BCUT2D eigenvalue weighted by atomic mass is 32.2. The Kier molecular flexibility index (Phi) is 5.40. The molecule has 5 nitrogen and oxygen atoms in total. The van der Waals surface area contributed by atoms with Crippen LogP contribution >= 0.6 is 23.9 Å². The number of ether oxygens (including phenoxy) is 2. The van der Waals surface area contributed by atoms with E-state index in [1.807, 2.05) is 0 Å². The Morgan fingerprint density at radius 2 is 1.19 bits per heavy atom. The second kappa shape index (κ2) is 6.83. The third-order valence-electron chi connectivity index (χ3n) is 2.35. The normalized spacial score (nSPS) is 24.5. The molecule has 0 spiro atoms. The summed E-state index contributed by atoms with van der Waals surface area (Å²) in [5, 5.41) is 0. The molecule has 0 aliphatic carbocycles. The summed E-state index contributed by atoms with van der Waals surface area (Å²) in [5.74, 6) is 0. The minimum Gasteiger partial charge on any atom is -0.379 e. The summed E-state index contributed by atoms with van der Waals surface area (Å²) in [4.78, 5) is 11.7. The van der Waals surface area contributed by atoms with Gasteiger partial charge in [-0.25, -0.2) is 8.61 Å². The van der Waals surface area contributed by atoms with Crippen LogP contribution in [0.5, 0.6) is 0 Å². The molecule has 0 aromatic carbocycles. The lowest BCUT2D eigenvalue weighted by molar-refractivity contribution is 0.0771. The summed E-state index contributed by atoms with van der Waals surface area (Å²) < 4.78 is 14.7. The van der Waals surface area contributed by atoms with Gasteiger partial charge in [-0.05, 0) is 0 Å². The summed E-state index contributed by atoms with van der Waals surface area (Å²) in [5.41, 5.74) is 0. The van der Waals surface area contributed by atoms with Crippen molar-refractivity contribution >= 4 is 28.3 Å². The van der Waals surface area contributed by atoms with Gasteiger partial charge in [0.25, 0.3) is 4.45 Å². The molecule has 0 radical (unpaired) electrons. The number of rotatable bonds is 2. The molecule has 0 bridgehead atoms. The molecular weight excluding hydrogens is 248 g/mol. The van der Waals surface area contributed by atoms with Crippen molar-refractivity contribution in [1.29, 1.82) is 0 Å². The van der Waals surface area contributed by atoms with Crippen LogP contribution in [-0.2, 0) is 9.47 Å². The van der Waals surface area contributed by atoms with Crippen molar-refractivity contribution in [2.24, 2.45) is 0 Å². The van der Waals surface area contributed by atoms with E-state index in [-0.39, 0.29) is 4.45 Å². The maximum absolute atomic E-state index is 11.7. The van der Waals surface area contributed by atoms with E-state index in [1.54, 1.807) is 0 Å². The molecule has 2 saturated heterocycles. The summed E-state index contributed by atoms with van der Waals surface area (Å²) in [6.45, 7) is 6.23. The van der Waals surface area contributed by atoms with Crippen LogP contribution < -0.4 is 0 Å². The number of carbonyl (C=O) groups excluding carboxylic acids is 1. The van der Waals surface area contributed by atoms with E-state index in [4.69, 9.17) is 9.47 Å². The van der Waals surface area contributed by atoms with Gasteiger partial charge in [-0.1, -0.05) is 0 Å². The molecule has 92 valence electrons. The van der Waals surface area contributed by atoms with E-state index in [0.717, 1.165) is 52.6 Å². The van der Waals surface area contributed by atoms with Crippen LogP contribution in [0.4, 0.5) is 4.79 Å².